The molecule has 4 aromatic rings. The summed E-state index contributed by atoms with van der Waals surface area (Å²) in [5.41, 5.74) is 2.78. The number of fused-ring (bicyclic) bond motifs is 1. The van der Waals surface area contributed by atoms with E-state index < -0.39 is 0 Å². The molecule has 5 nitrogen and oxygen atoms in total. The van der Waals surface area contributed by atoms with Crippen LogP contribution in [0.5, 0.6) is 5.75 Å². The molecule has 144 valence electrons. The molecule has 0 saturated heterocycles. The van der Waals surface area contributed by atoms with E-state index >= 15 is 0 Å². The maximum Gasteiger partial charge on any atom is 0.255 e. The Labute approximate surface area is 167 Å². The van der Waals surface area contributed by atoms with Gasteiger partial charge in [-0.2, -0.15) is 0 Å². The summed E-state index contributed by atoms with van der Waals surface area (Å²) in [5, 5.41) is 14.1. The Hall–Kier alpha value is -3.86. The number of carbonyl (C=O) groups excluding carboxylic acids is 1. The number of aromatic hydroxyl groups is 1. The third kappa shape index (κ3) is 4.04. The van der Waals surface area contributed by atoms with Gasteiger partial charge in [0.1, 0.15) is 5.75 Å². The van der Waals surface area contributed by atoms with Crippen molar-refractivity contribution >= 4 is 16.8 Å². The third-order valence-corrected chi connectivity index (χ3v) is 4.86. The molecule has 0 radical (unpaired) electrons. The van der Waals surface area contributed by atoms with Gasteiger partial charge in [0.05, 0.1) is 11.1 Å². The van der Waals surface area contributed by atoms with E-state index in [9.17, 15) is 14.7 Å². The minimum Gasteiger partial charge on any atom is -0.507 e. The first-order valence-corrected chi connectivity index (χ1v) is 9.36. The molecule has 0 aliphatic carbocycles. The van der Waals surface area contributed by atoms with Gasteiger partial charge in [-0.1, -0.05) is 60.7 Å². The lowest BCUT2D eigenvalue weighted by Gasteiger charge is -2.10. The first kappa shape index (κ1) is 18.5. The van der Waals surface area contributed by atoms with Gasteiger partial charge in [0.25, 0.3) is 11.5 Å². The van der Waals surface area contributed by atoms with Crippen LogP contribution in [-0.2, 0) is 13.0 Å². The molecule has 1 aromatic heterocycles. The van der Waals surface area contributed by atoms with Crippen LogP contribution < -0.4 is 10.9 Å². The monoisotopic (exact) mass is 384 g/mol. The van der Waals surface area contributed by atoms with E-state index in [0.717, 1.165) is 11.1 Å². The minimum atomic E-state index is -0.333. The normalized spacial score (nSPS) is 10.8. The van der Waals surface area contributed by atoms with Crippen molar-refractivity contribution in [2.45, 2.75) is 13.0 Å². The van der Waals surface area contributed by atoms with Crippen LogP contribution >= 0.6 is 0 Å². The molecular formula is C24H20N2O3. The van der Waals surface area contributed by atoms with Gasteiger partial charge in [0, 0.05) is 23.9 Å². The number of benzene rings is 3. The van der Waals surface area contributed by atoms with Crippen molar-refractivity contribution in [1.29, 1.82) is 0 Å². The van der Waals surface area contributed by atoms with Gasteiger partial charge in [-0.25, -0.2) is 0 Å². The Morgan fingerprint density at radius 3 is 2.24 bits per heavy atom. The quantitative estimate of drug-likeness (QED) is 0.490. The lowest BCUT2D eigenvalue weighted by Crippen LogP contribution is -2.22. The van der Waals surface area contributed by atoms with Crippen LogP contribution in [0.15, 0.2) is 83.7 Å². The smallest absolute Gasteiger partial charge is 0.255 e. The fourth-order valence-corrected chi connectivity index (χ4v) is 3.30. The molecular weight excluding hydrogens is 364 g/mol. The zero-order chi connectivity index (χ0) is 20.2. The van der Waals surface area contributed by atoms with E-state index in [4.69, 9.17) is 0 Å². The first-order chi connectivity index (χ1) is 14.1. The molecule has 29 heavy (non-hydrogen) atoms. The van der Waals surface area contributed by atoms with Crippen molar-refractivity contribution in [3.05, 3.63) is 111 Å². The molecule has 0 bridgehead atoms. The first-order valence-electron chi connectivity index (χ1n) is 9.36. The molecule has 1 heterocycles. The fourth-order valence-electron chi connectivity index (χ4n) is 3.30. The molecule has 1 amide bonds. The maximum atomic E-state index is 12.6. The highest BCUT2D eigenvalue weighted by molar-refractivity contribution is 5.99. The summed E-state index contributed by atoms with van der Waals surface area (Å²) >= 11 is 0. The van der Waals surface area contributed by atoms with Gasteiger partial charge in [-0.3, -0.25) is 9.59 Å². The Balaban J connectivity index is 1.64. The lowest BCUT2D eigenvalue weighted by atomic mass is 10.0. The molecule has 5 heteroatoms. The van der Waals surface area contributed by atoms with Gasteiger partial charge in [0.2, 0.25) is 0 Å². The molecule has 0 unspecified atom stereocenters. The SMILES string of the molecule is O=C(NCc1ccccc1)c1ccc2[nH]c(=O)c(Cc3ccccc3)c(O)c2c1. The van der Waals surface area contributed by atoms with E-state index in [1.54, 1.807) is 18.2 Å². The lowest BCUT2D eigenvalue weighted by molar-refractivity contribution is 0.0951. The Bertz CT molecular complexity index is 1220. The van der Waals surface area contributed by atoms with Crippen molar-refractivity contribution in [2.24, 2.45) is 0 Å². The largest absolute Gasteiger partial charge is 0.507 e. The predicted octanol–water partition coefficient (Wildman–Crippen LogP) is 3.75. The third-order valence-electron chi connectivity index (χ3n) is 4.86. The zero-order valence-corrected chi connectivity index (χ0v) is 15.7. The number of pyridine rings is 1. The average molecular weight is 384 g/mol. The van der Waals surface area contributed by atoms with Crippen molar-refractivity contribution in [3.63, 3.8) is 0 Å². The summed E-state index contributed by atoms with van der Waals surface area (Å²) in [7, 11) is 0. The van der Waals surface area contributed by atoms with Crippen LogP contribution in [0.3, 0.4) is 0 Å². The number of amides is 1. The Morgan fingerprint density at radius 1 is 0.897 bits per heavy atom. The summed E-state index contributed by atoms with van der Waals surface area (Å²) < 4.78 is 0. The number of nitrogens with one attached hydrogen (secondary N) is 2. The number of aromatic nitrogens is 1. The van der Waals surface area contributed by atoms with E-state index in [2.05, 4.69) is 10.3 Å². The number of rotatable bonds is 5. The van der Waals surface area contributed by atoms with Gasteiger partial charge in [-0.15, -0.1) is 0 Å². The predicted molar refractivity (Wildman–Crippen MR) is 113 cm³/mol. The number of H-pyrrole nitrogens is 1. The number of hydrogen-bond acceptors (Lipinski definition) is 3. The second-order valence-corrected chi connectivity index (χ2v) is 6.87. The van der Waals surface area contributed by atoms with E-state index in [1.807, 2.05) is 60.7 Å². The molecule has 0 spiro atoms. The van der Waals surface area contributed by atoms with Crippen molar-refractivity contribution in [1.82, 2.24) is 10.3 Å². The minimum absolute atomic E-state index is 0.0923. The Morgan fingerprint density at radius 2 is 1.55 bits per heavy atom. The number of carbonyl (C=O) groups is 1. The van der Waals surface area contributed by atoms with Crippen LogP contribution in [0.4, 0.5) is 0 Å². The van der Waals surface area contributed by atoms with Gasteiger partial charge < -0.3 is 15.4 Å². The summed E-state index contributed by atoms with van der Waals surface area (Å²) in [4.78, 5) is 27.8. The maximum absolute atomic E-state index is 12.6. The fraction of sp³-hybridized carbons (Fsp3) is 0.0833. The van der Waals surface area contributed by atoms with Crippen LogP contribution in [0, 0.1) is 0 Å². The topological polar surface area (TPSA) is 82.2 Å². The molecule has 0 aliphatic heterocycles. The number of aromatic amines is 1. The molecule has 0 fully saturated rings. The highest BCUT2D eigenvalue weighted by Crippen LogP contribution is 2.27. The highest BCUT2D eigenvalue weighted by Gasteiger charge is 2.15. The van der Waals surface area contributed by atoms with Gasteiger partial charge in [-0.05, 0) is 29.3 Å². The number of hydrogen-bond donors (Lipinski definition) is 3. The molecule has 0 saturated carbocycles. The van der Waals surface area contributed by atoms with Crippen molar-refractivity contribution in [3.8, 4) is 5.75 Å². The zero-order valence-electron chi connectivity index (χ0n) is 15.7. The summed E-state index contributed by atoms with van der Waals surface area (Å²) in [6.45, 7) is 0.411. The molecule has 0 aliphatic rings. The van der Waals surface area contributed by atoms with Gasteiger partial charge >= 0.3 is 0 Å². The van der Waals surface area contributed by atoms with Gasteiger partial charge in [0.15, 0.2) is 0 Å². The summed E-state index contributed by atoms with van der Waals surface area (Å²) in [6, 6.07) is 24.0. The summed E-state index contributed by atoms with van der Waals surface area (Å²) in [5.74, 6) is -0.337. The van der Waals surface area contributed by atoms with Crippen molar-refractivity contribution in [2.75, 3.05) is 0 Å². The van der Waals surface area contributed by atoms with Crippen LogP contribution in [0.2, 0.25) is 0 Å². The molecule has 3 aromatic carbocycles. The molecule has 0 atom stereocenters. The second-order valence-electron chi connectivity index (χ2n) is 6.87. The van der Waals surface area contributed by atoms with Crippen LogP contribution in [-0.4, -0.2) is 16.0 Å². The Kier molecular flexibility index (Phi) is 5.12. The van der Waals surface area contributed by atoms with E-state index in [0.29, 0.717) is 29.4 Å². The van der Waals surface area contributed by atoms with Crippen LogP contribution in [0.1, 0.15) is 27.0 Å². The summed E-state index contributed by atoms with van der Waals surface area (Å²) in [6.07, 6.45) is 0.308. The van der Waals surface area contributed by atoms with E-state index in [1.165, 1.54) is 0 Å². The molecule has 3 N–H and O–H groups in total. The average Bonchev–Trinajstić information content (AvgIpc) is 2.76. The van der Waals surface area contributed by atoms with E-state index in [-0.39, 0.29) is 22.8 Å². The highest BCUT2D eigenvalue weighted by atomic mass is 16.3. The van der Waals surface area contributed by atoms with Crippen molar-refractivity contribution < 1.29 is 9.90 Å². The second kappa shape index (κ2) is 8.02. The molecule has 4 rings (SSSR count). The standard InChI is InChI=1S/C24H20N2O3/c27-22-19-14-18(23(28)25-15-17-9-5-2-6-10-17)11-12-21(19)26-24(29)20(22)13-16-7-3-1-4-8-16/h1-12,14H,13,15H2,(H,25,28)(H2,26,27,29). The van der Waals surface area contributed by atoms with Crippen LogP contribution in [0.25, 0.3) is 10.9 Å².